The largest absolute Gasteiger partial charge is 0.482 e. The normalized spacial score (nSPS) is 17.6. The van der Waals surface area contributed by atoms with Gasteiger partial charge in [0.1, 0.15) is 5.75 Å². The molecule has 1 unspecified atom stereocenters. The highest BCUT2D eigenvalue weighted by Gasteiger charge is 2.17. The van der Waals surface area contributed by atoms with Crippen molar-refractivity contribution in [3.63, 3.8) is 0 Å². The van der Waals surface area contributed by atoms with E-state index in [1.54, 1.807) is 24.3 Å². The molecule has 0 bridgehead atoms. The Labute approximate surface area is 128 Å². The SMILES string of the molecule is COC(=O)COc1cccc(NC(=O)CC2COCCN2)c1. The number of hydrogen-bond acceptors (Lipinski definition) is 6. The first kappa shape index (κ1) is 16.3. The van der Waals surface area contributed by atoms with Crippen LogP contribution in [0.1, 0.15) is 6.42 Å². The summed E-state index contributed by atoms with van der Waals surface area (Å²) in [4.78, 5) is 23.0. The van der Waals surface area contributed by atoms with E-state index in [4.69, 9.17) is 9.47 Å². The van der Waals surface area contributed by atoms with E-state index in [1.807, 2.05) is 0 Å². The molecule has 1 atom stereocenters. The number of benzene rings is 1. The first-order chi connectivity index (χ1) is 10.7. The van der Waals surface area contributed by atoms with Gasteiger partial charge in [-0.2, -0.15) is 0 Å². The average Bonchev–Trinajstić information content (AvgIpc) is 2.53. The van der Waals surface area contributed by atoms with Gasteiger partial charge in [-0.1, -0.05) is 6.07 Å². The summed E-state index contributed by atoms with van der Waals surface area (Å²) in [6.45, 7) is 1.80. The Kier molecular flexibility index (Phi) is 6.17. The van der Waals surface area contributed by atoms with Crippen LogP contribution in [0.4, 0.5) is 5.69 Å². The summed E-state index contributed by atoms with van der Waals surface area (Å²) in [6, 6.07) is 6.89. The molecule has 1 saturated heterocycles. The quantitative estimate of drug-likeness (QED) is 0.747. The van der Waals surface area contributed by atoms with Crippen molar-refractivity contribution in [3.8, 4) is 5.75 Å². The maximum absolute atomic E-state index is 12.0. The predicted molar refractivity (Wildman–Crippen MR) is 79.8 cm³/mol. The molecule has 1 aromatic carbocycles. The molecule has 1 heterocycles. The number of rotatable bonds is 6. The minimum absolute atomic E-state index is 0.0347. The van der Waals surface area contributed by atoms with Crippen LogP contribution in [0, 0.1) is 0 Å². The Morgan fingerprint density at radius 3 is 3.05 bits per heavy atom. The van der Waals surface area contributed by atoms with E-state index in [0.29, 0.717) is 31.1 Å². The van der Waals surface area contributed by atoms with Crippen LogP contribution >= 0.6 is 0 Å². The molecular formula is C15H20N2O5. The molecule has 7 nitrogen and oxygen atoms in total. The van der Waals surface area contributed by atoms with Gasteiger partial charge in [0, 0.05) is 30.8 Å². The van der Waals surface area contributed by atoms with Crippen molar-refractivity contribution in [2.75, 3.05) is 38.8 Å². The second-order valence-electron chi connectivity index (χ2n) is 4.87. The van der Waals surface area contributed by atoms with E-state index in [9.17, 15) is 9.59 Å². The molecule has 0 spiro atoms. The third-order valence-electron chi connectivity index (χ3n) is 3.13. The molecule has 0 radical (unpaired) electrons. The van der Waals surface area contributed by atoms with Crippen molar-refractivity contribution in [3.05, 3.63) is 24.3 Å². The Morgan fingerprint density at radius 2 is 2.32 bits per heavy atom. The van der Waals surface area contributed by atoms with Crippen LogP contribution in [-0.2, 0) is 19.1 Å². The van der Waals surface area contributed by atoms with E-state index in [2.05, 4.69) is 15.4 Å². The van der Waals surface area contributed by atoms with E-state index in [1.165, 1.54) is 7.11 Å². The highest BCUT2D eigenvalue weighted by atomic mass is 16.6. The topological polar surface area (TPSA) is 85.9 Å². The number of esters is 1. The van der Waals surface area contributed by atoms with Gasteiger partial charge >= 0.3 is 5.97 Å². The summed E-state index contributed by atoms with van der Waals surface area (Å²) in [5.41, 5.74) is 0.615. The number of hydrogen-bond donors (Lipinski definition) is 2. The number of carbonyl (C=O) groups excluding carboxylic acids is 2. The monoisotopic (exact) mass is 308 g/mol. The third-order valence-corrected chi connectivity index (χ3v) is 3.13. The van der Waals surface area contributed by atoms with Gasteiger partial charge in [0.2, 0.25) is 5.91 Å². The minimum Gasteiger partial charge on any atom is -0.482 e. The van der Waals surface area contributed by atoms with Crippen LogP contribution in [0.25, 0.3) is 0 Å². The van der Waals surface area contributed by atoms with Gasteiger partial charge in [0.05, 0.1) is 20.3 Å². The number of morpholine rings is 1. The zero-order valence-electron chi connectivity index (χ0n) is 12.5. The lowest BCUT2D eigenvalue weighted by molar-refractivity contribution is -0.142. The number of nitrogens with one attached hydrogen (secondary N) is 2. The molecule has 1 fully saturated rings. The first-order valence-electron chi connectivity index (χ1n) is 7.08. The predicted octanol–water partition coefficient (Wildman–Crippen LogP) is 0.555. The van der Waals surface area contributed by atoms with Gasteiger partial charge in [0.25, 0.3) is 0 Å². The summed E-state index contributed by atoms with van der Waals surface area (Å²) in [5.74, 6) is -0.0757. The van der Waals surface area contributed by atoms with Gasteiger partial charge in [-0.05, 0) is 12.1 Å². The first-order valence-corrected chi connectivity index (χ1v) is 7.08. The second kappa shape index (κ2) is 8.35. The lowest BCUT2D eigenvalue weighted by Gasteiger charge is -2.23. The number of amides is 1. The maximum Gasteiger partial charge on any atom is 0.343 e. The molecule has 0 aliphatic carbocycles. The van der Waals surface area contributed by atoms with Crippen LogP contribution in [-0.4, -0.2) is 51.4 Å². The summed E-state index contributed by atoms with van der Waals surface area (Å²) < 4.78 is 15.1. The molecule has 0 aromatic heterocycles. The molecule has 1 aromatic rings. The van der Waals surface area contributed by atoms with Gasteiger partial charge in [-0.3, -0.25) is 4.79 Å². The minimum atomic E-state index is -0.460. The van der Waals surface area contributed by atoms with Crippen LogP contribution in [0.3, 0.4) is 0 Å². The number of methoxy groups -OCH3 is 1. The summed E-state index contributed by atoms with van der Waals surface area (Å²) in [7, 11) is 1.30. The van der Waals surface area contributed by atoms with Crippen molar-refractivity contribution >= 4 is 17.6 Å². The number of ether oxygens (including phenoxy) is 3. The summed E-state index contributed by atoms with van der Waals surface area (Å²) in [6.07, 6.45) is 0.341. The molecule has 7 heteroatoms. The van der Waals surface area contributed by atoms with E-state index in [-0.39, 0.29) is 18.6 Å². The molecule has 120 valence electrons. The molecule has 1 aliphatic heterocycles. The molecule has 22 heavy (non-hydrogen) atoms. The van der Waals surface area contributed by atoms with Crippen molar-refractivity contribution in [1.29, 1.82) is 0 Å². The fourth-order valence-electron chi connectivity index (χ4n) is 2.05. The lowest BCUT2D eigenvalue weighted by Crippen LogP contribution is -2.43. The highest BCUT2D eigenvalue weighted by molar-refractivity contribution is 5.91. The van der Waals surface area contributed by atoms with Crippen LogP contribution in [0.2, 0.25) is 0 Å². The Balaban J connectivity index is 1.83. The van der Waals surface area contributed by atoms with E-state index < -0.39 is 5.97 Å². The Hall–Kier alpha value is -2.12. The average molecular weight is 308 g/mol. The smallest absolute Gasteiger partial charge is 0.343 e. The van der Waals surface area contributed by atoms with Gasteiger partial charge in [0.15, 0.2) is 6.61 Å². The standard InChI is InChI=1S/C15H20N2O5/c1-20-15(19)10-22-13-4-2-3-11(7-13)17-14(18)8-12-9-21-6-5-16-12/h2-4,7,12,16H,5-6,8-10H2,1H3,(H,17,18). The maximum atomic E-state index is 12.0. The van der Waals surface area contributed by atoms with E-state index >= 15 is 0 Å². The molecular weight excluding hydrogens is 288 g/mol. The van der Waals surface area contributed by atoms with Crippen molar-refractivity contribution in [2.24, 2.45) is 0 Å². The number of anilines is 1. The fraction of sp³-hybridized carbons (Fsp3) is 0.467. The lowest BCUT2D eigenvalue weighted by atomic mass is 10.2. The van der Waals surface area contributed by atoms with Crippen molar-refractivity contribution < 1.29 is 23.8 Å². The zero-order valence-corrected chi connectivity index (χ0v) is 12.5. The zero-order chi connectivity index (χ0) is 15.8. The van der Waals surface area contributed by atoms with Crippen LogP contribution in [0.5, 0.6) is 5.75 Å². The molecule has 0 saturated carbocycles. The Bertz CT molecular complexity index is 514. The fourth-order valence-corrected chi connectivity index (χ4v) is 2.05. The van der Waals surface area contributed by atoms with Gasteiger partial charge in [-0.15, -0.1) is 0 Å². The van der Waals surface area contributed by atoms with Gasteiger partial charge in [-0.25, -0.2) is 4.79 Å². The Morgan fingerprint density at radius 1 is 1.45 bits per heavy atom. The summed E-state index contributed by atoms with van der Waals surface area (Å²) in [5, 5.41) is 6.03. The summed E-state index contributed by atoms with van der Waals surface area (Å²) >= 11 is 0. The highest BCUT2D eigenvalue weighted by Crippen LogP contribution is 2.17. The molecule has 1 amide bonds. The van der Waals surface area contributed by atoms with Gasteiger partial charge < -0.3 is 24.8 Å². The van der Waals surface area contributed by atoms with Crippen molar-refractivity contribution in [2.45, 2.75) is 12.5 Å². The molecule has 1 aliphatic rings. The second-order valence-corrected chi connectivity index (χ2v) is 4.87. The van der Waals surface area contributed by atoms with Crippen molar-refractivity contribution in [1.82, 2.24) is 5.32 Å². The van der Waals surface area contributed by atoms with E-state index in [0.717, 1.165) is 6.54 Å². The van der Waals surface area contributed by atoms with Crippen LogP contribution in [0.15, 0.2) is 24.3 Å². The molecule has 2 rings (SSSR count). The number of carbonyl (C=O) groups is 2. The third kappa shape index (κ3) is 5.34. The van der Waals surface area contributed by atoms with Crippen LogP contribution < -0.4 is 15.4 Å². The molecule has 2 N–H and O–H groups in total.